The Kier molecular flexibility index (Phi) is 4.22. The molecule has 5 heteroatoms. The van der Waals surface area contributed by atoms with Gasteiger partial charge in [0.25, 0.3) is 0 Å². The maximum absolute atomic E-state index is 9.07. The molecule has 19 heavy (non-hydrogen) atoms. The van der Waals surface area contributed by atoms with E-state index in [1.807, 2.05) is 18.2 Å². The van der Waals surface area contributed by atoms with E-state index in [4.69, 9.17) is 21.6 Å². The van der Waals surface area contributed by atoms with E-state index in [2.05, 4.69) is 16.4 Å². The van der Waals surface area contributed by atoms with Crippen LogP contribution in [0.3, 0.4) is 0 Å². The molecule has 0 amide bonds. The lowest BCUT2D eigenvalue weighted by atomic mass is 10.2. The molecule has 0 spiro atoms. The molecule has 96 valence electrons. The van der Waals surface area contributed by atoms with Crippen molar-refractivity contribution in [2.24, 2.45) is 0 Å². The van der Waals surface area contributed by atoms with Crippen molar-refractivity contribution in [1.29, 1.82) is 5.26 Å². The van der Waals surface area contributed by atoms with Crippen molar-refractivity contribution in [3.8, 4) is 11.9 Å². The number of nitrogens with zero attached hydrogens (tertiary/aromatic N) is 2. The predicted octanol–water partition coefficient (Wildman–Crippen LogP) is 3.23. The van der Waals surface area contributed by atoms with Crippen LogP contribution in [0.5, 0.6) is 5.88 Å². The van der Waals surface area contributed by atoms with E-state index in [-0.39, 0.29) is 0 Å². The van der Waals surface area contributed by atoms with Gasteiger partial charge in [0, 0.05) is 18.8 Å². The van der Waals surface area contributed by atoms with E-state index in [1.165, 1.54) is 0 Å². The van der Waals surface area contributed by atoms with Gasteiger partial charge in [0.15, 0.2) is 0 Å². The van der Waals surface area contributed by atoms with E-state index in [9.17, 15) is 0 Å². The van der Waals surface area contributed by atoms with Crippen LogP contribution in [0.4, 0.5) is 5.69 Å². The number of halogens is 1. The van der Waals surface area contributed by atoms with Gasteiger partial charge in [-0.3, -0.25) is 0 Å². The third kappa shape index (κ3) is 3.15. The minimum absolute atomic E-state index is 0.444. The fourth-order valence-electron chi connectivity index (χ4n) is 1.65. The minimum Gasteiger partial charge on any atom is -0.481 e. The molecule has 2 aromatic rings. The van der Waals surface area contributed by atoms with Crippen molar-refractivity contribution in [2.45, 2.75) is 6.54 Å². The average molecular weight is 274 g/mol. The molecule has 0 atom stereocenters. The summed E-state index contributed by atoms with van der Waals surface area (Å²) in [5.41, 5.74) is 2.17. The smallest absolute Gasteiger partial charge is 0.213 e. The van der Waals surface area contributed by atoms with Gasteiger partial charge in [0.05, 0.1) is 23.4 Å². The van der Waals surface area contributed by atoms with Crippen molar-refractivity contribution in [2.75, 3.05) is 12.4 Å². The summed E-state index contributed by atoms with van der Waals surface area (Å²) >= 11 is 5.97. The highest BCUT2D eigenvalue weighted by Gasteiger charge is 2.06. The second-order valence-corrected chi connectivity index (χ2v) is 4.24. The second kappa shape index (κ2) is 6.07. The maximum Gasteiger partial charge on any atom is 0.213 e. The van der Waals surface area contributed by atoms with Gasteiger partial charge in [0.1, 0.15) is 6.07 Å². The van der Waals surface area contributed by atoms with Crippen LogP contribution >= 0.6 is 11.6 Å². The normalized spacial score (nSPS) is 9.74. The van der Waals surface area contributed by atoms with Crippen LogP contribution in [0, 0.1) is 11.3 Å². The van der Waals surface area contributed by atoms with Crippen molar-refractivity contribution < 1.29 is 4.74 Å². The van der Waals surface area contributed by atoms with Crippen LogP contribution in [-0.4, -0.2) is 12.1 Å². The summed E-state index contributed by atoms with van der Waals surface area (Å²) in [5, 5.41) is 12.7. The first-order valence-corrected chi connectivity index (χ1v) is 6.04. The van der Waals surface area contributed by atoms with Crippen LogP contribution in [0.15, 0.2) is 36.5 Å². The van der Waals surface area contributed by atoms with Gasteiger partial charge in [-0.2, -0.15) is 5.26 Å². The lowest BCUT2D eigenvalue weighted by Crippen LogP contribution is -2.02. The van der Waals surface area contributed by atoms with Crippen molar-refractivity contribution in [3.05, 3.63) is 52.7 Å². The van der Waals surface area contributed by atoms with E-state index < -0.39 is 0 Å². The summed E-state index contributed by atoms with van der Waals surface area (Å²) in [4.78, 5) is 4.04. The molecule has 1 N–H and O–H groups in total. The second-order valence-electron chi connectivity index (χ2n) is 3.83. The van der Waals surface area contributed by atoms with Crippen molar-refractivity contribution in [3.63, 3.8) is 0 Å². The zero-order chi connectivity index (χ0) is 13.7. The molecular weight excluding hydrogens is 262 g/mol. The molecule has 0 fully saturated rings. The largest absolute Gasteiger partial charge is 0.481 e. The number of methoxy groups -OCH3 is 1. The first-order chi connectivity index (χ1) is 9.24. The third-order valence-corrected chi connectivity index (χ3v) is 2.93. The van der Waals surface area contributed by atoms with Crippen LogP contribution < -0.4 is 10.1 Å². The van der Waals surface area contributed by atoms with Gasteiger partial charge in [-0.15, -0.1) is 0 Å². The maximum atomic E-state index is 9.07. The lowest BCUT2D eigenvalue weighted by Gasteiger charge is -2.09. The van der Waals surface area contributed by atoms with Crippen LogP contribution in [0.2, 0.25) is 5.02 Å². The van der Waals surface area contributed by atoms with Gasteiger partial charge in [-0.1, -0.05) is 17.7 Å². The SMILES string of the molecule is COc1cc(CNc2cccc(Cl)c2C#N)ccn1. The quantitative estimate of drug-likeness (QED) is 0.929. The van der Waals surface area contributed by atoms with Gasteiger partial charge in [0.2, 0.25) is 5.88 Å². The van der Waals surface area contributed by atoms with Crippen LogP contribution in [0.25, 0.3) is 0 Å². The van der Waals surface area contributed by atoms with Gasteiger partial charge < -0.3 is 10.1 Å². The zero-order valence-corrected chi connectivity index (χ0v) is 11.1. The summed E-state index contributed by atoms with van der Waals surface area (Å²) in [6.45, 7) is 0.563. The fraction of sp³-hybridized carbons (Fsp3) is 0.143. The number of hydrogen-bond donors (Lipinski definition) is 1. The van der Waals surface area contributed by atoms with E-state index in [1.54, 1.807) is 25.4 Å². The molecule has 0 bridgehead atoms. The molecule has 2 rings (SSSR count). The standard InChI is InChI=1S/C14H12ClN3O/c1-19-14-7-10(5-6-17-14)9-18-13-4-2-3-12(15)11(13)8-16/h2-7,18H,9H2,1H3. The summed E-state index contributed by atoms with van der Waals surface area (Å²) in [5.74, 6) is 0.561. The minimum atomic E-state index is 0.444. The summed E-state index contributed by atoms with van der Waals surface area (Å²) in [6.07, 6.45) is 1.68. The summed E-state index contributed by atoms with van der Waals surface area (Å²) < 4.78 is 5.06. The Morgan fingerprint density at radius 2 is 2.26 bits per heavy atom. The van der Waals surface area contributed by atoms with Gasteiger partial charge in [-0.05, 0) is 23.8 Å². The number of nitrogens with one attached hydrogen (secondary N) is 1. The number of benzene rings is 1. The number of hydrogen-bond acceptors (Lipinski definition) is 4. The number of aromatic nitrogens is 1. The number of anilines is 1. The number of ether oxygens (including phenoxy) is 1. The molecular formula is C14H12ClN3O. The summed E-state index contributed by atoms with van der Waals surface area (Å²) in [7, 11) is 1.57. The molecule has 1 heterocycles. The third-order valence-electron chi connectivity index (χ3n) is 2.62. The molecule has 0 saturated carbocycles. The van der Waals surface area contributed by atoms with E-state index >= 15 is 0 Å². The first-order valence-electron chi connectivity index (χ1n) is 5.66. The monoisotopic (exact) mass is 273 g/mol. The van der Waals surface area contributed by atoms with Crippen LogP contribution in [0.1, 0.15) is 11.1 Å². The molecule has 0 unspecified atom stereocenters. The Morgan fingerprint density at radius 1 is 1.42 bits per heavy atom. The topological polar surface area (TPSA) is 57.9 Å². The molecule has 0 saturated heterocycles. The first kappa shape index (κ1) is 13.2. The number of rotatable bonds is 4. The Bertz CT molecular complexity index is 622. The Labute approximate surface area is 116 Å². The van der Waals surface area contributed by atoms with Gasteiger partial charge in [-0.25, -0.2) is 4.98 Å². The molecule has 0 aliphatic heterocycles. The van der Waals surface area contributed by atoms with Crippen molar-refractivity contribution >= 4 is 17.3 Å². The number of nitriles is 1. The highest BCUT2D eigenvalue weighted by atomic mass is 35.5. The zero-order valence-electron chi connectivity index (χ0n) is 10.4. The summed E-state index contributed by atoms with van der Waals surface area (Å²) in [6, 6.07) is 11.1. The highest BCUT2D eigenvalue weighted by molar-refractivity contribution is 6.32. The Hall–Kier alpha value is -2.25. The molecule has 4 nitrogen and oxygen atoms in total. The predicted molar refractivity (Wildman–Crippen MR) is 74.3 cm³/mol. The fourth-order valence-corrected chi connectivity index (χ4v) is 1.87. The van der Waals surface area contributed by atoms with E-state index in [0.717, 1.165) is 5.56 Å². The van der Waals surface area contributed by atoms with Crippen molar-refractivity contribution in [1.82, 2.24) is 4.98 Å². The highest BCUT2D eigenvalue weighted by Crippen LogP contribution is 2.23. The number of pyridine rings is 1. The van der Waals surface area contributed by atoms with Crippen LogP contribution in [-0.2, 0) is 6.54 Å². The molecule has 0 radical (unpaired) electrons. The molecule has 0 aliphatic carbocycles. The Balaban J connectivity index is 2.15. The molecule has 1 aromatic carbocycles. The molecule has 1 aromatic heterocycles. The van der Waals surface area contributed by atoms with E-state index in [0.29, 0.717) is 28.7 Å². The average Bonchev–Trinajstić information content (AvgIpc) is 2.45. The van der Waals surface area contributed by atoms with Gasteiger partial charge >= 0.3 is 0 Å². The molecule has 0 aliphatic rings. The lowest BCUT2D eigenvalue weighted by molar-refractivity contribution is 0.397. The Morgan fingerprint density at radius 3 is 3.00 bits per heavy atom.